The fourth-order valence-electron chi connectivity index (χ4n) is 3.93. The Labute approximate surface area is 177 Å². The number of aliphatic imine (C=N–C) groups is 1. The zero-order valence-corrected chi connectivity index (χ0v) is 19.0. The van der Waals surface area contributed by atoms with Gasteiger partial charge in [0, 0.05) is 25.7 Å². The molecule has 2 heterocycles. The highest BCUT2D eigenvalue weighted by Crippen LogP contribution is 2.57. The first-order valence-electron chi connectivity index (χ1n) is 9.91. The predicted octanol–water partition coefficient (Wildman–Crippen LogP) is 4.48. The average molecular weight is 424 g/mol. The Bertz CT molecular complexity index is 1090. The van der Waals surface area contributed by atoms with Crippen molar-refractivity contribution in [2.75, 3.05) is 20.1 Å². The largest absolute Gasteiger partial charge is 0.316 e. The lowest BCUT2D eigenvalue weighted by atomic mass is 10.2. The minimum absolute atomic E-state index is 0.862. The van der Waals surface area contributed by atoms with Crippen LogP contribution in [0.3, 0.4) is 0 Å². The van der Waals surface area contributed by atoms with Crippen molar-refractivity contribution in [1.29, 1.82) is 0 Å². The lowest BCUT2D eigenvalue weighted by Gasteiger charge is -2.43. The van der Waals surface area contributed by atoms with E-state index in [-0.39, 0.29) is 0 Å². The zero-order chi connectivity index (χ0) is 20.6. The zero-order valence-electron chi connectivity index (χ0n) is 17.3. The SMILES string of the molecule is CCN(CC)[P@]1(=S)c2c(C)nn(-c3ccccc3)c2N=C(c2ccccc2)N1C. The molecule has 29 heavy (non-hydrogen) atoms. The van der Waals surface area contributed by atoms with Crippen LogP contribution in [0.15, 0.2) is 65.7 Å². The van der Waals surface area contributed by atoms with E-state index in [1.807, 2.05) is 41.1 Å². The van der Waals surface area contributed by atoms with Crippen LogP contribution in [-0.2, 0) is 11.8 Å². The van der Waals surface area contributed by atoms with Crippen LogP contribution in [0, 0.1) is 6.92 Å². The van der Waals surface area contributed by atoms with Crippen molar-refractivity contribution in [2.45, 2.75) is 20.8 Å². The molecule has 5 nitrogen and oxygen atoms in total. The summed E-state index contributed by atoms with van der Waals surface area (Å²) in [7, 11) is 2.09. The van der Waals surface area contributed by atoms with E-state index in [0.29, 0.717) is 0 Å². The third kappa shape index (κ3) is 3.16. The van der Waals surface area contributed by atoms with E-state index < -0.39 is 6.34 Å². The molecular formula is C22H26N5PS. The van der Waals surface area contributed by atoms with Gasteiger partial charge in [0.05, 0.1) is 16.7 Å². The Kier molecular flexibility index (Phi) is 5.43. The van der Waals surface area contributed by atoms with Crippen LogP contribution in [0.1, 0.15) is 25.1 Å². The minimum Gasteiger partial charge on any atom is -0.316 e. The smallest absolute Gasteiger partial charge is 0.169 e. The van der Waals surface area contributed by atoms with Crippen molar-refractivity contribution in [3.05, 3.63) is 71.9 Å². The summed E-state index contributed by atoms with van der Waals surface area (Å²) >= 11 is 6.51. The van der Waals surface area contributed by atoms with Gasteiger partial charge in [0.15, 0.2) is 5.82 Å². The Morgan fingerprint density at radius 1 is 0.966 bits per heavy atom. The highest BCUT2D eigenvalue weighted by molar-refractivity contribution is 8.16. The predicted molar refractivity (Wildman–Crippen MR) is 126 cm³/mol. The molecule has 3 aromatic rings. The van der Waals surface area contributed by atoms with Gasteiger partial charge < -0.3 is 4.67 Å². The van der Waals surface area contributed by atoms with Gasteiger partial charge in [-0.2, -0.15) is 5.10 Å². The van der Waals surface area contributed by atoms with E-state index in [2.05, 4.69) is 61.4 Å². The van der Waals surface area contributed by atoms with Crippen LogP contribution in [0.4, 0.5) is 5.82 Å². The monoisotopic (exact) mass is 423 g/mol. The number of rotatable bonds is 5. The number of fused-ring (bicyclic) bond motifs is 1. The number of aromatic nitrogens is 2. The molecule has 1 aromatic heterocycles. The number of aryl methyl sites for hydroxylation is 1. The summed E-state index contributed by atoms with van der Waals surface area (Å²) in [6.45, 7) is 8.18. The summed E-state index contributed by atoms with van der Waals surface area (Å²) in [5.41, 5.74) is 3.03. The van der Waals surface area contributed by atoms with Crippen molar-refractivity contribution in [3.8, 4) is 5.69 Å². The molecule has 0 unspecified atom stereocenters. The fraction of sp³-hybridized carbons (Fsp3) is 0.273. The summed E-state index contributed by atoms with van der Waals surface area (Å²) in [4.78, 5) is 5.12. The van der Waals surface area contributed by atoms with Gasteiger partial charge in [-0.3, -0.25) is 4.67 Å². The van der Waals surface area contributed by atoms with Crippen molar-refractivity contribution < 1.29 is 0 Å². The van der Waals surface area contributed by atoms with Crippen LogP contribution in [-0.4, -0.2) is 45.1 Å². The second-order valence-corrected chi connectivity index (χ2v) is 11.2. The molecule has 4 rings (SSSR count). The van der Waals surface area contributed by atoms with Crippen molar-refractivity contribution in [3.63, 3.8) is 0 Å². The lowest BCUT2D eigenvalue weighted by Crippen LogP contribution is -2.41. The Morgan fingerprint density at radius 3 is 2.14 bits per heavy atom. The molecule has 1 aliphatic heterocycles. The minimum atomic E-state index is -2.28. The molecule has 1 atom stereocenters. The van der Waals surface area contributed by atoms with Gasteiger partial charge in [-0.25, -0.2) is 9.67 Å². The van der Waals surface area contributed by atoms with Crippen molar-refractivity contribution in [1.82, 2.24) is 19.1 Å². The topological polar surface area (TPSA) is 36.7 Å². The molecule has 0 radical (unpaired) electrons. The van der Waals surface area contributed by atoms with Crippen LogP contribution < -0.4 is 5.30 Å². The first-order valence-corrected chi connectivity index (χ1v) is 12.6. The molecule has 0 bridgehead atoms. The maximum Gasteiger partial charge on any atom is 0.169 e. The first-order chi connectivity index (χ1) is 14.0. The number of hydrogen-bond acceptors (Lipinski definition) is 3. The van der Waals surface area contributed by atoms with E-state index in [9.17, 15) is 0 Å². The summed E-state index contributed by atoms with van der Waals surface area (Å²) in [5, 5.41) is 5.99. The number of para-hydroxylation sites is 1. The summed E-state index contributed by atoms with van der Waals surface area (Å²) < 4.78 is 6.59. The number of amidine groups is 1. The molecule has 0 N–H and O–H groups in total. The van der Waals surface area contributed by atoms with Gasteiger partial charge in [-0.1, -0.05) is 74.2 Å². The number of hydrogen-bond donors (Lipinski definition) is 0. The lowest BCUT2D eigenvalue weighted by molar-refractivity contribution is 0.487. The quantitative estimate of drug-likeness (QED) is 0.567. The fourth-order valence-corrected chi connectivity index (χ4v) is 8.51. The summed E-state index contributed by atoms with van der Waals surface area (Å²) in [6, 6.07) is 20.5. The van der Waals surface area contributed by atoms with Gasteiger partial charge in [-0.15, -0.1) is 0 Å². The average Bonchev–Trinajstić information content (AvgIpc) is 3.10. The van der Waals surface area contributed by atoms with E-state index in [1.54, 1.807) is 0 Å². The Balaban J connectivity index is 2.04. The van der Waals surface area contributed by atoms with Crippen molar-refractivity contribution >= 4 is 35.1 Å². The maximum absolute atomic E-state index is 6.51. The van der Waals surface area contributed by atoms with Crippen LogP contribution in [0.2, 0.25) is 0 Å². The Morgan fingerprint density at radius 2 is 1.55 bits per heavy atom. The second-order valence-electron chi connectivity index (χ2n) is 7.01. The van der Waals surface area contributed by atoms with Gasteiger partial charge >= 0.3 is 0 Å². The van der Waals surface area contributed by atoms with E-state index >= 15 is 0 Å². The summed E-state index contributed by atoms with van der Waals surface area (Å²) in [6.07, 6.45) is -2.28. The molecule has 150 valence electrons. The molecule has 0 saturated carbocycles. The molecular weight excluding hydrogens is 397 g/mol. The highest BCUT2D eigenvalue weighted by atomic mass is 32.4. The standard InChI is InChI=1S/C22H26N5PS/c1-5-26(6-2)28(29)20-17(3)24-27(19-15-11-8-12-16-19)22(20)23-21(25(28)4)18-13-9-7-10-14-18/h7-16H,5-6H2,1-4H3/t28-/m0/s1. The van der Waals surface area contributed by atoms with E-state index in [4.69, 9.17) is 21.9 Å². The molecule has 2 aromatic carbocycles. The Hall–Kier alpha value is -2.27. The normalized spacial score (nSPS) is 18.7. The van der Waals surface area contributed by atoms with Gasteiger partial charge in [0.1, 0.15) is 12.2 Å². The molecule has 0 fully saturated rings. The molecule has 7 heteroatoms. The third-order valence-corrected chi connectivity index (χ3v) is 10.8. The van der Waals surface area contributed by atoms with Gasteiger partial charge in [0.25, 0.3) is 0 Å². The molecule has 0 saturated heterocycles. The second kappa shape index (κ2) is 7.86. The van der Waals surface area contributed by atoms with Crippen LogP contribution in [0.25, 0.3) is 5.69 Å². The van der Waals surface area contributed by atoms with Crippen molar-refractivity contribution in [2.24, 2.45) is 4.99 Å². The van der Waals surface area contributed by atoms with E-state index in [1.165, 1.54) is 0 Å². The molecule has 1 aliphatic rings. The van der Waals surface area contributed by atoms with Crippen LogP contribution >= 0.6 is 6.34 Å². The number of nitrogens with zero attached hydrogens (tertiary/aromatic N) is 5. The van der Waals surface area contributed by atoms with E-state index in [0.717, 1.165) is 47.0 Å². The molecule has 0 aliphatic carbocycles. The van der Waals surface area contributed by atoms with Crippen LogP contribution in [0.5, 0.6) is 0 Å². The van der Waals surface area contributed by atoms with Gasteiger partial charge in [-0.05, 0) is 19.1 Å². The summed E-state index contributed by atoms with van der Waals surface area (Å²) in [5.74, 6) is 1.77. The third-order valence-electron chi connectivity index (χ3n) is 5.37. The maximum atomic E-state index is 6.51. The molecule has 0 spiro atoms. The highest BCUT2D eigenvalue weighted by Gasteiger charge is 2.42. The number of benzene rings is 2. The molecule has 0 amide bonds. The van der Waals surface area contributed by atoms with Gasteiger partial charge in [0.2, 0.25) is 0 Å². The first kappa shape index (κ1) is 20.0.